The lowest BCUT2D eigenvalue weighted by Gasteiger charge is -2.21. The molecule has 0 aromatic carbocycles. The summed E-state index contributed by atoms with van der Waals surface area (Å²) in [6, 6.07) is 0. The highest BCUT2D eigenvalue weighted by Gasteiger charge is 2.66. The van der Waals surface area contributed by atoms with Crippen LogP contribution >= 0.6 is 0 Å². The highest BCUT2D eigenvalue weighted by molar-refractivity contribution is 5.92. The van der Waals surface area contributed by atoms with Crippen molar-refractivity contribution in [1.82, 2.24) is 0 Å². The average molecular weight is 202 g/mol. The smallest absolute Gasteiger partial charge is 0.411 e. The molecule has 0 aliphatic heterocycles. The zero-order chi connectivity index (χ0) is 10.9. The van der Waals surface area contributed by atoms with Crippen LogP contribution in [-0.2, 0) is 14.3 Å². The molecule has 0 rings (SSSR count). The van der Waals surface area contributed by atoms with Crippen molar-refractivity contribution in [3.8, 4) is 0 Å². The van der Waals surface area contributed by atoms with Crippen LogP contribution in [0.1, 0.15) is 6.92 Å². The normalized spacial score (nSPS) is 12.5. The maximum atomic E-state index is 12.4. The van der Waals surface area contributed by atoms with Crippen LogP contribution in [0, 0.1) is 0 Å². The van der Waals surface area contributed by atoms with Crippen LogP contribution in [0.5, 0.6) is 0 Å². The van der Waals surface area contributed by atoms with Gasteiger partial charge in [-0.15, -0.1) is 0 Å². The summed E-state index contributed by atoms with van der Waals surface area (Å²) in [7, 11) is 0.520. The van der Waals surface area contributed by atoms with E-state index in [2.05, 4.69) is 4.74 Å². The minimum atomic E-state index is -5.12. The molecular formula is C6H6F4O3. The lowest BCUT2D eigenvalue weighted by molar-refractivity contribution is -0.222. The summed E-state index contributed by atoms with van der Waals surface area (Å²) < 4.78 is 53.0. The third-order valence-corrected chi connectivity index (χ3v) is 1.28. The molecule has 0 atom stereocenters. The lowest BCUT2D eigenvalue weighted by atomic mass is 10.1. The zero-order valence-electron chi connectivity index (χ0n) is 6.74. The van der Waals surface area contributed by atoms with E-state index < -0.39 is 23.6 Å². The molecule has 7 heteroatoms. The molecule has 0 amide bonds. The van der Waals surface area contributed by atoms with Gasteiger partial charge in [0.1, 0.15) is 0 Å². The van der Waals surface area contributed by atoms with Crippen LogP contribution in [0.15, 0.2) is 0 Å². The van der Waals surface area contributed by atoms with Crippen molar-refractivity contribution in [2.75, 3.05) is 7.11 Å². The summed E-state index contributed by atoms with van der Waals surface area (Å²) in [5.41, 5.74) is 0. The predicted octanol–water partition coefficient (Wildman–Crippen LogP) is 1.02. The largest absolute Gasteiger partial charge is 0.464 e. The molecule has 0 aliphatic rings. The SMILES string of the molecule is COC(=O)C(F)(F)C(F)(F)C(C)=O. The fourth-order valence-electron chi connectivity index (χ4n) is 0.477. The number of Topliss-reactive ketones (excluding diaryl/α,β-unsaturated/α-hetero) is 1. The van der Waals surface area contributed by atoms with Crippen molar-refractivity contribution in [2.24, 2.45) is 0 Å². The molecule has 0 saturated carbocycles. The molecule has 0 N–H and O–H groups in total. The van der Waals surface area contributed by atoms with E-state index in [0.717, 1.165) is 0 Å². The van der Waals surface area contributed by atoms with Crippen molar-refractivity contribution in [3.63, 3.8) is 0 Å². The maximum absolute atomic E-state index is 12.4. The Labute approximate surface area is 70.7 Å². The number of rotatable bonds is 3. The first-order valence-corrected chi connectivity index (χ1v) is 3.03. The topological polar surface area (TPSA) is 43.4 Å². The number of carbonyl (C=O) groups excluding carboxylic acids is 2. The summed E-state index contributed by atoms with van der Waals surface area (Å²) in [5, 5.41) is 0. The first-order chi connectivity index (χ1) is 5.67. The monoisotopic (exact) mass is 202 g/mol. The highest BCUT2D eigenvalue weighted by atomic mass is 19.3. The van der Waals surface area contributed by atoms with Gasteiger partial charge in [0.25, 0.3) is 0 Å². The minimum Gasteiger partial charge on any atom is -0.464 e. The first-order valence-electron chi connectivity index (χ1n) is 3.03. The van der Waals surface area contributed by atoms with Crippen LogP contribution in [-0.4, -0.2) is 30.7 Å². The molecule has 0 spiro atoms. The van der Waals surface area contributed by atoms with Gasteiger partial charge in [0.05, 0.1) is 7.11 Å². The van der Waals surface area contributed by atoms with Gasteiger partial charge in [0.2, 0.25) is 5.78 Å². The molecule has 13 heavy (non-hydrogen) atoms. The van der Waals surface area contributed by atoms with Gasteiger partial charge < -0.3 is 4.74 Å². The number of alkyl halides is 4. The van der Waals surface area contributed by atoms with E-state index in [9.17, 15) is 27.2 Å². The van der Waals surface area contributed by atoms with Crippen LogP contribution in [0.3, 0.4) is 0 Å². The number of ketones is 1. The van der Waals surface area contributed by atoms with Crippen molar-refractivity contribution in [3.05, 3.63) is 0 Å². The zero-order valence-corrected chi connectivity index (χ0v) is 6.74. The Morgan fingerprint density at radius 1 is 1.08 bits per heavy atom. The Morgan fingerprint density at radius 2 is 1.46 bits per heavy atom. The van der Waals surface area contributed by atoms with E-state index >= 15 is 0 Å². The van der Waals surface area contributed by atoms with Crippen LogP contribution < -0.4 is 0 Å². The van der Waals surface area contributed by atoms with Crippen LogP contribution in [0.2, 0.25) is 0 Å². The van der Waals surface area contributed by atoms with Crippen molar-refractivity contribution in [2.45, 2.75) is 18.8 Å². The quantitative estimate of drug-likeness (QED) is 0.506. The summed E-state index contributed by atoms with van der Waals surface area (Å²) in [6.45, 7) is 0.261. The Kier molecular flexibility index (Phi) is 3.02. The molecule has 0 heterocycles. The van der Waals surface area contributed by atoms with Gasteiger partial charge in [-0.1, -0.05) is 0 Å². The number of carbonyl (C=O) groups is 2. The summed E-state index contributed by atoms with van der Waals surface area (Å²) in [4.78, 5) is 20.3. The molecule has 0 radical (unpaired) electrons. The fourth-order valence-corrected chi connectivity index (χ4v) is 0.477. The van der Waals surface area contributed by atoms with Gasteiger partial charge in [-0.05, 0) is 0 Å². The molecule has 0 fully saturated rings. The predicted molar refractivity (Wildman–Crippen MR) is 32.6 cm³/mol. The minimum absolute atomic E-state index is 0.261. The van der Waals surface area contributed by atoms with Gasteiger partial charge in [-0.25, -0.2) is 4.79 Å². The van der Waals surface area contributed by atoms with E-state index in [1.807, 2.05) is 0 Å². The number of methoxy groups -OCH3 is 1. The van der Waals surface area contributed by atoms with E-state index in [-0.39, 0.29) is 6.92 Å². The summed E-state index contributed by atoms with van der Waals surface area (Å²) in [6.07, 6.45) is 0. The maximum Gasteiger partial charge on any atom is 0.411 e. The van der Waals surface area contributed by atoms with Crippen molar-refractivity contribution < 1.29 is 31.9 Å². The Balaban J connectivity index is 5.02. The second-order valence-electron chi connectivity index (χ2n) is 2.20. The van der Waals surface area contributed by atoms with E-state index in [0.29, 0.717) is 7.11 Å². The second kappa shape index (κ2) is 3.31. The molecule has 0 bridgehead atoms. The standard InChI is InChI=1S/C6H6F4O3/c1-3(11)5(7,8)6(9,10)4(12)13-2/h1-2H3. The number of halogens is 4. The number of ether oxygens (including phenoxy) is 1. The molecule has 76 valence electrons. The van der Waals surface area contributed by atoms with E-state index in [1.54, 1.807) is 0 Å². The third kappa shape index (κ3) is 1.78. The van der Waals surface area contributed by atoms with E-state index in [4.69, 9.17) is 0 Å². The second-order valence-corrected chi connectivity index (χ2v) is 2.20. The molecule has 0 aliphatic carbocycles. The molecule has 0 saturated heterocycles. The van der Waals surface area contributed by atoms with Gasteiger partial charge in [0.15, 0.2) is 0 Å². The molecular weight excluding hydrogens is 196 g/mol. The summed E-state index contributed by atoms with van der Waals surface area (Å²) in [5.74, 6) is -14.7. The first kappa shape index (κ1) is 11.9. The average Bonchev–Trinajstić information content (AvgIpc) is 2.02. The number of esters is 1. The molecule has 0 unspecified atom stereocenters. The van der Waals surface area contributed by atoms with E-state index in [1.165, 1.54) is 0 Å². The van der Waals surface area contributed by atoms with Gasteiger partial charge >= 0.3 is 17.8 Å². The Bertz CT molecular complexity index is 236. The fraction of sp³-hybridized carbons (Fsp3) is 0.667. The molecule has 0 aromatic heterocycles. The number of hydrogen-bond acceptors (Lipinski definition) is 3. The van der Waals surface area contributed by atoms with Crippen molar-refractivity contribution in [1.29, 1.82) is 0 Å². The van der Waals surface area contributed by atoms with Gasteiger partial charge in [-0.2, -0.15) is 17.6 Å². The Hall–Kier alpha value is -1.14. The molecule has 0 aromatic rings. The third-order valence-electron chi connectivity index (χ3n) is 1.28. The Morgan fingerprint density at radius 3 is 1.69 bits per heavy atom. The van der Waals surface area contributed by atoms with Crippen LogP contribution in [0.4, 0.5) is 17.6 Å². The highest BCUT2D eigenvalue weighted by Crippen LogP contribution is 2.35. The summed E-state index contributed by atoms with van der Waals surface area (Å²) >= 11 is 0. The number of hydrogen-bond donors (Lipinski definition) is 0. The van der Waals surface area contributed by atoms with Crippen LogP contribution in [0.25, 0.3) is 0 Å². The van der Waals surface area contributed by atoms with Gasteiger partial charge in [0, 0.05) is 6.92 Å². The lowest BCUT2D eigenvalue weighted by Crippen LogP contribution is -2.51. The van der Waals surface area contributed by atoms with Crippen molar-refractivity contribution >= 4 is 11.8 Å². The van der Waals surface area contributed by atoms with Gasteiger partial charge in [-0.3, -0.25) is 4.79 Å². The molecule has 3 nitrogen and oxygen atoms in total.